The van der Waals surface area contributed by atoms with Crippen LogP contribution in [0.2, 0.25) is 0 Å². The minimum Gasteiger partial charge on any atom is -0.409 e. The van der Waals surface area contributed by atoms with Crippen LogP contribution in [0.25, 0.3) is 0 Å². The van der Waals surface area contributed by atoms with Crippen LogP contribution in [-0.4, -0.2) is 35.7 Å². The van der Waals surface area contributed by atoms with E-state index in [2.05, 4.69) is 5.16 Å². The Bertz CT molecular complexity index is 429. The van der Waals surface area contributed by atoms with Crippen molar-refractivity contribution in [2.24, 2.45) is 10.9 Å². The van der Waals surface area contributed by atoms with Crippen molar-refractivity contribution in [3.63, 3.8) is 0 Å². The molecule has 0 amide bonds. The lowest BCUT2D eigenvalue weighted by Crippen LogP contribution is -2.24. The second-order valence-corrected chi connectivity index (χ2v) is 4.29. The van der Waals surface area contributed by atoms with Crippen molar-refractivity contribution in [1.29, 1.82) is 0 Å². The average molecular weight is 275 g/mol. The van der Waals surface area contributed by atoms with Gasteiger partial charge in [0.05, 0.1) is 6.42 Å². The molecule has 0 aromatic heterocycles. The Morgan fingerprint density at radius 2 is 1.89 bits per heavy atom. The summed E-state index contributed by atoms with van der Waals surface area (Å²) in [5, 5.41) is 11.4. The summed E-state index contributed by atoms with van der Waals surface area (Å²) in [6.45, 7) is 0.359. The normalized spacial score (nSPS) is 13.0. The first kappa shape index (κ1) is 15.3. The van der Waals surface area contributed by atoms with Crippen LogP contribution in [0.3, 0.4) is 0 Å². The van der Waals surface area contributed by atoms with Crippen molar-refractivity contribution in [3.8, 4) is 0 Å². The fraction of sp³-hybridized carbons (Fsp3) is 0.417. The Morgan fingerprint density at radius 1 is 1.32 bits per heavy atom. The Labute approximate surface area is 109 Å². The zero-order chi connectivity index (χ0) is 14.5. The summed E-state index contributed by atoms with van der Waals surface area (Å²) in [6.07, 6.45) is -4.96. The molecule has 0 atom stereocenters. The van der Waals surface area contributed by atoms with E-state index in [1.807, 2.05) is 0 Å². The van der Waals surface area contributed by atoms with E-state index in [0.717, 1.165) is 5.56 Å². The molecule has 0 heterocycles. The summed E-state index contributed by atoms with van der Waals surface area (Å²) in [5.41, 5.74) is 6.83. The van der Waals surface area contributed by atoms with E-state index in [0.29, 0.717) is 12.1 Å². The summed E-state index contributed by atoms with van der Waals surface area (Å²) in [7, 11) is 1.63. The molecule has 1 aromatic carbocycles. The van der Waals surface area contributed by atoms with Gasteiger partial charge in [-0.3, -0.25) is 0 Å². The average Bonchev–Trinajstić information content (AvgIpc) is 2.35. The van der Waals surface area contributed by atoms with Crippen LogP contribution >= 0.6 is 0 Å². The molecular formula is C12H16F3N3O. The van der Waals surface area contributed by atoms with Gasteiger partial charge in [-0.15, -0.1) is 0 Å². The van der Waals surface area contributed by atoms with Crippen LogP contribution in [0, 0.1) is 0 Å². The fourth-order valence-corrected chi connectivity index (χ4v) is 1.55. The number of hydrogen-bond acceptors (Lipinski definition) is 3. The van der Waals surface area contributed by atoms with Gasteiger partial charge in [-0.05, 0) is 12.6 Å². The van der Waals surface area contributed by atoms with Crippen LogP contribution in [0.5, 0.6) is 0 Å². The molecule has 0 aliphatic rings. The molecule has 0 fully saturated rings. The Morgan fingerprint density at radius 3 is 2.37 bits per heavy atom. The number of alkyl halides is 3. The van der Waals surface area contributed by atoms with E-state index in [9.17, 15) is 13.2 Å². The second-order valence-electron chi connectivity index (χ2n) is 4.29. The number of nitrogens with two attached hydrogens (primary N) is 1. The zero-order valence-corrected chi connectivity index (χ0v) is 10.5. The van der Waals surface area contributed by atoms with E-state index in [1.54, 1.807) is 36.2 Å². The standard InChI is InChI=1S/C12H16F3N3O/c1-18(7-6-12(13,14)15)8-9-2-4-10(5-3-9)11(16)17-19/h2-5,19H,6-8H2,1H3,(H2,16,17). The van der Waals surface area contributed by atoms with Gasteiger partial charge < -0.3 is 15.8 Å². The van der Waals surface area contributed by atoms with Gasteiger partial charge in [-0.1, -0.05) is 29.4 Å². The zero-order valence-electron chi connectivity index (χ0n) is 10.5. The molecule has 4 nitrogen and oxygen atoms in total. The van der Waals surface area contributed by atoms with E-state index in [1.165, 1.54) is 0 Å². The minimum absolute atomic E-state index is 0.00280. The highest BCUT2D eigenvalue weighted by Crippen LogP contribution is 2.19. The molecule has 1 rings (SSSR count). The maximum absolute atomic E-state index is 12.1. The number of benzene rings is 1. The van der Waals surface area contributed by atoms with Gasteiger partial charge in [-0.25, -0.2) is 0 Å². The van der Waals surface area contributed by atoms with Crippen molar-refractivity contribution in [2.45, 2.75) is 19.1 Å². The van der Waals surface area contributed by atoms with E-state index in [-0.39, 0.29) is 12.4 Å². The smallest absolute Gasteiger partial charge is 0.390 e. The summed E-state index contributed by atoms with van der Waals surface area (Å²) in [4.78, 5) is 1.59. The molecule has 0 saturated carbocycles. The van der Waals surface area contributed by atoms with E-state index >= 15 is 0 Å². The van der Waals surface area contributed by atoms with Crippen molar-refractivity contribution >= 4 is 5.84 Å². The first-order valence-electron chi connectivity index (χ1n) is 5.64. The molecule has 106 valence electrons. The van der Waals surface area contributed by atoms with Crippen LogP contribution in [-0.2, 0) is 6.54 Å². The van der Waals surface area contributed by atoms with Gasteiger partial charge in [0.15, 0.2) is 5.84 Å². The van der Waals surface area contributed by atoms with E-state index in [4.69, 9.17) is 10.9 Å². The van der Waals surface area contributed by atoms with E-state index < -0.39 is 12.6 Å². The number of halogens is 3. The summed E-state index contributed by atoms with van der Waals surface area (Å²) < 4.78 is 36.2. The molecule has 7 heteroatoms. The summed E-state index contributed by atoms with van der Waals surface area (Å²) in [5.74, 6) is -0.00280. The van der Waals surface area contributed by atoms with Gasteiger partial charge in [-0.2, -0.15) is 13.2 Å². The number of hydrogen-bond donors (Lipinski definition) is 2. The van der Waals surface area contributed by atoms with Crippen molar-refractivity contribution in [3.05, 3.63) is 35.4 Å². The predicted molar refractivity (Wildman–Crippen MR) is 66.0 cm³/mol. The third-order valence-corrected chi connectivity index (χ3v) is 2.59. The molecule has 1 aromatic rings. The number of rotatable bonds is 5. The Kier molecular flexibility index (Phi) is 5.17. The van der Waals surface area contributed by atoms with Crippen LogP contribution in [0.1, 0.15) is 17.5 Å². The lowest BCUT2D eigenvalue weighted by molar-refractivity contribution is -0.137. The number of nitrogens with zero attached hydrogens (tertiary/aromatic N) is 2. The topological polar surface area (TPSA) is 61.8 Å². The van der Waals surface area contributed by atoms with Crippen LogP contribution < -0.4 is 5.73 Å². The number of oxime groups is 1. The van der Waals surface area contributed by atoms with Crippen LogP contribution in [0.4, 0.5) is 13.2 Å². The highest BCUT2D eigenvalue weighted by Gasteiger charge is 2.26. The lowest BCUT2D eigenvalue weighted by Gasteiger charge is -2.17. The SMILES string of the molecule is CN(CCC(F)(F)F)Cc1ccc(C(N)=NO)cc1. The second kappa shape index (κ2) is 6.42. The first-order valence-corrected chi connectivity index (χ1v) is 5.64. The van der Waals surface area contributed by atoms with Crippen molar-refractivity contribution in [2.75, 3.05) is 13.6 Å². The summed E-state index contributed by atoms with van der Waals surface area (Å²) >= 11 is 0. The molecule has 0 spiro atoms. The van der Waals surface area contributed by atoms with Crippen molar-refractivity contribution in [1.82, 2.24) is 4.90 Å². The summed E-state index contributed by atoms with van der Waals surface area (Å²) in [6, 6.07) is 6.78. The molecule has 0 unspecified atom stereocenters. The highest BCUT2D eigenvalue weighted by molar-refractivity contribution is 5.96. The fourth-order valence-electron chi connectivity index (χ4n) is 1.55. The van der Waals surface area contributed by atoms with Gasteiger partial charge in [0.25, 0.3) is 0 Å². The maximum atomic E-state index is 12.1. The molecule has 19 heavy (non-hydrogen) atoms. The third-order valence-electron chi connectivity index (χ3n) is 2.59. The van der Waals surface area contributed by atoms with Crippen LogP contribution in [0.15, 0.2) is 29.4 Å². The molecule has 0 saturated heterocycles. The first-order chi connectivity index (χ1) is 8.81. The van der Waals surface area contributed by atoms with Gasteiger partial charge in [0, 0.05) is 18.7 Å². The molecule has 0 bridgehead atoms. The Hall–Kier alpha value is -1.76. The lowest BCUT2D eigenvalue weighted by atomic mass is 10.1. The highest BCUT2D eigenvalue weighted by atomic mass is 19.4. The third kappa shape index (κ3) is 5.60. The molecule has 0 aliphatic carbocycles. The largest absolute Gasteiger partial charge is 0.409 e. The monoisotopic (exact) mass is 275 g/mol. The molecule has 0 aliphatic heterocycles. The van der Waals surface area contributed by atoms with Gasteiger partial charge in [0.1, 0.15) is 0 Å². The molecule has 3 N–H and O–H groups in total. The molecule has 0 radical (unpaired) electrons. The molecular weight excluding hydrogens is 259 g/mol. The predicted octanol–water partition coefficient (Wildman–Crippen LogP) is 2.17. The van der Waals surface area contributed by atoms with Gasteiger partial charge in [0.2, 0.25) is 0 Å². The quantitative estimate of drug-likeness (QED) is 0.375. The number of amidine groups is 1. The minimum atomic E-state index is -4.13. The van der Waals surface area contributed by atoms with Gasteiger partial charge >= 0.3 is 6.18 Å². The maximum Gasteiger partial charge on any atom is 0.390 e. The van der Waals surface area contributed by atoms with Crippen molar-refractivity contribution < 1.29 is 18.4 Å². The Balaban J connectivity index is 2.53.